The normalized spacial score (nSPS) is 27.8. The smallest absolute Gasteiger partial charge is 0.222 e. The zero-order valence-corrected chi connectivity index (χ0v) is 7.82. The Bertz CT molecular complexity index is 250. The fourth-order valence-corrected chi connectivity index (χ4v) is 1.81. The van der Waals surface area contributed by atoms with Gasteiger partial charge in [0.2, 0.25) is 5.91 Å². The number of oxime groups is 1. The van der Waals surface area contributed by atoms with Crippen LogP contribution in [0.15, 0.2) is 5.16 Å². The molecule has 1 atom stereocenters. The number of nitrogens with zero attached hydrogens (tertiary/aromatic N) is 2. The molecule has 0 aliphatic carbocycles. The Hall–Kier alpha value is -1.06. The molecule has 72 valence electrons. The highest BCUT2D eigenvalue weighted by Crippen LogP contribution is 2.16. The van der Waals surface area contributed by atoms with Crippen LogP contribution in [0.5, 0.6) is 0 Å². The minimum absolute atomic E-state index is 0.0991. The summed E-state index contributed by atoms with van der Waals surface area (Å²) in [5.41, 5.74) is 1.02. The van der Waals surface area contributed by atoms with Crippen LogP contribution in [0.3, 0.4) is 0 Å². The van der Waals surface area contributed by atoms with Gasteiger partial charge < -0.3 is 9.74 Å². The topological polar surface area (TPSA) is 41.9 Å². The second-order valence-electron chi connectivity index (χ2n) is 3.70. The van der Waals surface area contributed by atoms with Gasteiger partial charge in [0.15, 0.2) is 0 Å². The molecule has 0 N–H and O–H groups in total. The summed E-state index contributed by atoms with van der Waals surface area (Å²) < 4.78 is 0. The first-order chi connectivity index (χ1) is 6.25. The van der Waals surface area contributed by atoms with Crippen LogP contribution in [0.4, 0.5) is 0 Å². The Labute approximate surface area is 77.5 Å². The van der Waals surface area contributed by atoms with Crippen molar-refractivity contribution < 1.29 is 9.63 Å². The number of carbonyl (C=O) groups is 1. The van der Waals surface area contributed by atoms with Crippen molar-refractivity contribution in [3.05, 3.63) is 0 Å². The second-order valence-corrected chi connectivity index (χ2v) is 3.70. The largest absolute Gasteiger partial charge is 0.390 e. The summed E-state index contributed by atoms with van der Waals surface area (Å²) in [7, 11) is 0. The summed E-state index contributed by atoms with van der Waals surface area (Å²) in [5.74, 6) is 0.258. The molecule has 0 saturated carbocycles. The lowest BCUT2D eigenvalue weighted by atomic mass is 10.2. The van der Waals surface area contributed by atoms with Crippen molar-refractivity contribution in [2.75, 3.05) is 13.1 Å². The lowest BCUT2D eigenvalue weighted by Crippen LogP contribution is -2.33. The first-order valence-corrected chi connectivity index (χ1v) is 4.73. The fourth-order valence-electron chi connectivity index (χ4n) is 1.81. The number of amides is 1. The molecule has 2 aliphatic rings. The van der Waals surface area contributed by atoms with Gasteiger partial charge in [-0.2, -0.15) is 0 Å². The summed E-state index contributed by atoms with van der Waals surface area (Å²) in [6.45, 7) is 3.54. The molecule has 1 saturated heterocycles. The zero-order valence-electron chi connectivity index (χ0n) is 7.82. The number of hydrogen-bond acceptors (Lipinski definition) is 3. The van der Waals surface area contributed by atoms with Gasteiger partial charge in [0.25, 0.3) is 0 Å². The molecule has 2 heterocycles. The van der Waals surface area contributed by atoms with Gasteiger partial charge in [0.1, 0.15) is 6.10 Å². The van der Waals surface area contributed by atoms with Crippen molar-refractivity contribution in [3.63, 3.8) is 0 Å². The number of carbonyl (C=O) groups excluding carboxylic acids is 1. The Morgan fingerprint density at radius 1 is 1.69 bits per heavy atom. The van der Waals surface area contributed by atoms with E-state index in [2.05, 4.69) is 5.16 Å². The Morgan fingerprint density at radius 3 is 3.08 bits per heavy atom. The van der Waals surface area contributed by atoms with Crippen LogP contribution in [0.2, 0.25) is 0 Å². The average molecular weight is 182 g/mol. The van der Waals surface area contributed by atoms with E-state index in [-0.39, 0.29) is 12.0 Å². The highest BCUT2D eigenvalue weighted by molar-refractivity contribution is 5.83. The maximum Gasteiger partial charge on any atom is 0.222 e. The van der Waals surface area contributed by atoms with E-state index < -0.39 is 0 Å². The van der Waals surface area contributed by atoms with Crippen LogP contribution in [0, 0.1) is 0 Å². The van der Waals surface area contributed by atoms with Crippen LogP contribution in [-0.4, -0.2) is 35.7 Å². The van der Waals surface area contributed by atoms with Crippen LogP contribution in [0.25, 0.3) is 0 Å². The van der Waals surface area contributed by atoms with Gasteiger partial charge in [0, 0.05) is 19.4 Å². The molecule has 0 aromatic heterocycles. The minimum Gasteiger partial charge on any atom is -0.390 e. The Balaban J connectivity index is 1.82. The van der Waals surface area contributed by atoms with Crippen molar-refractivity contribution in [3.8, 4) is 0 Å². The monoisotopic (exact) mass is 182 g/mol. The van der Waals surface area contributed by atoms with Crippen molar-refractivity contribution in [2.45, 2.75) is 32.3 Å². The highest BCUT2D eigenvalue weighted by atomic mass is 16.6. The van der Waals surface area contributed by atoms with E-state index in [9.17, 15) is 4.79 Å². The van der Waals surface area contributed by atoms with Gasteiger partial charge in [-0.3, -0.25) is 4.79 Å². The quantitative estimate of drug-likeness (QED) is 0.633. The summed E-state index contributed by atoms with van der Waals surface area (Å²) >= 11 is 0. The van der Waals surface area contributed by atoms with Gasteiger partial charge in [-0.1, -0.05) is 5.16 Å². The predicted molar refractivity (Wildman–Crippen MR) is 48.4 cm³/mol. The minimum atomic E-state index is 0.0991. The lowest BCUT2D eigenvalue weighted by Gasteiger charge is -2.18. The van der Waals surface area contributed by atoms with E-state index in [0.717, 1.165) is 25.1 Å². The van der Waals surface area contributed by atoms with Crippen LogP contribution < -0.4 is 0 Å². The maximum atomic E-state index is 11.3. The SMILES string of the molecule is CC1=NOC(CN2CCCC2=O)C1. The third kappa shape index (κ3) is 1.82. The van der Waals surface area contributed by atoms with E-state index in [0.29, 0.717) is 13.0 Å². The Kier molecular flexibility index (Phi) is 2.20. The molecule has 13 heavy (non-hydrogen) atoms. The molecule has 0 bridgehead atoms. The lowest BCUT2D eigenvalue weighted by molar-refractivity contribution is -0.129. The third-order valence-electron chi connectivity index (χ3n) is 2.48. The first-order valence-electron chi connectivity index (χ1n) is 4.73. The van der Waals surface area contributed by atoms with Crippen molar-refractivity contribution in [1.82, 2.24) is 4.90 Å². The summed E-state index contributed by atoms with van der Waals surface area (Å²) in [6.07, 6.45) is 2.66. The molecule has 1 fully saturated rings. The van der Waals surface area contributed by atoms with Gasteiger partial charge >= 0.3 is 0 Å². The number of rotatable bonds is 2. The van der Waals surface area contributed by atoms with Crippen LogP contribution in [0.1, 0.15) is 26.2 Å². The first kappa shape index (κ1) is 8.53. The summed E-state index contributed by atoms with van der Waals surface area (Å²) in [6, 6.07) is 0. The number of hydrogen-bond donors (Lipinski definition) is 0. The molecule has 0 spiro atoms. The van der Waals surface area contributed by atoms with E-state index >= 15 is 0 Å². The molecule has 0 aromatic rings. The molecule has 0 aromatic carbocycles. The molecule has 4 heteroatoms. The van der Waals surface area contributed by atoms with E-state index in [1.54, 1.807) is 0 Å². The van der Waals surface area contributed by atoms with Crippen molar-refractivity contribution in [2.24, 2.45) is 5.16 Å². The van der Waals surface area contributed by atoms with Gasteiger partial charge in [-0.15, -0.1) is 0 Å². The highest BCUT2D eigenvalue weighted by Gasteiger charge is 2.26. The molecule has 4 nitrogen and oxygen atoms in total. The third-order valence-corrected chi connectivity index (χ3v) is 2.48. The number of likely N-dealkylation sites (tertiary alicyclic amines) is 1. The van der Waals surface area contributed by atoms with Crippen LogP contribution >= 0.6 is 0 Å². The zero-order chi connectivity index (χ0) is 9.26. The Morgan fingerprint density at radius 2 is 2.54 bits per heavy atom. The molecular formula is C9H14N2O2. The van der Waals surface area contributed by atoms with E-state index in [1.807, 2.05) is 11.8 Å². The maximum absolute atomic E-state index is 11.3. The van der Waals surface area contributed by atoms with Crippen molar-refractivity contribution >= 4 is 11.6 Å². The van der Waals surface area contributed by atoms with Gasteiger partial charge in [-0.05, 0) is 13.3 Å². The van der Waals surface area contributed by atoms with Gasteiger partial charge in [0.05, 0.1) is 12.3 Å². The molecule has 2 rings (SSSR count). The molecule has 1 unspecified atom stereocenters. The van der Waals surface area contributed by atoms with Crippen LogP contribution in [-0.2, 0) is 9.63 Å². The van der Waals surface area contributed by atoms with Gasteiger partial charge in [-0.25, -0.2) is 0 Å². The van der Waals surface area contributed by atoms with Crippen molar-refractivity contribution in [1.29, 1.82) is 0 Å². The molecule has 1 amide bonds. The fraction of sp³-hybridized carbons (Fsp3) is 0.778. The molecule has 2 aliphatic heterocycles. The summed E-state index contributed by atoms with van der Waals surface area (Å²) in [4.78, 5) is 18.3. The second kappa shape index (κ2) is 3.36. The molecule has 0 radical (unpaired) electrons. The summed E-state index contributed by atoms with van der Waals surface area (Å²) in [5, 5.41) is 3.86. The predicted octanol–water partition coefficient (Wildman–Crippen LogP) is 0.774. The average Bonchev–Trinajstić information content (AvgIpc) is 2.64. The van der Waals surface area contributed by atoms with E-state index in [1.165, 1.54) is 0 Å². The standard InChI is InChI=1S/C9H14N2O2/c1-7-5-8(13-10-7)6-11-4-2-3-9(11)12/h8H,2-6H2,1H3. The van der Waals surface area contributed by atoms with E-state index in [4.69, 9.17) is 4.84 Å². The molecular weight excluding hydrogens is 168 g/mol.